The van der Waals surface area contributed by atoms with Gasteiger partial charge in [0, 0.05) is 54.3 Å². The lowest BCUT2D eigenvalue weighted by molar-refractivity contribution is -0.127. The highest BCUT2D eigenvalue weighted by Crippen LogP contribution is 2.39. The van der Waals surface area contributed by atoms with E-state index < -0.39 is 11.4 Å². The Morgan fingerprint density at radius 2 is 2.10 bits per heavy atom. The standard InChI is InChI=1S/C30H27ClFN7O3/c1-2-28(40)38-9-5-21(6-10-38)42-27-13-23-26(34-18-35-29(23)37-20-3-4-25(32)24(31)11-20)12-22(27)19-14-36-39(15-19)30(7-8-33)16-41-17-30/h2-4,11-15,18,21H,1,5-7,9-10,16-17H2,(H,34,35,37). The molecule has 12 heteroatoms. The van der Waals surface area contributed by atoms with E-state index in [1.807, 2.05) is 18.3 Å². The number of ether oxygens (including phenoxy) is 2. The van der Waals surface area contributed by atoms with Crippen LogP contribution in [0.15, 0.2) is 61.7 Å². The van der Waals surface area contributed by atoms with Gasteiger partial charge in [-0.3, -0.25) is 9.48 Å². The van der Waals surface area contributed by atoms with Gasteiger partial charge in [0.15, 0.2) is 0 Å². The Kier molecular flexibility index (Phi) is 7.49. The minimum atomic E-state index is -0.513. The number of aromatic nitrogens is 4. The number of nitrogens with zero attached hydrogens (tertiary/aromatic N) is 6. The fourth-order valence-electron chi connectivity index (χ4n) is 5.24. The van der Waals surface area contributed by atoms with Crippen molar-refractivity contribution in [2.75, 3.05) is 31.6 Å². The highest BCUT2D eigenvalue weighted by atomic mass is 35.5. The Morgan fingerprint density at radius 1 is 1.29 bits per heavy atom. The van der Waals surface area contributed by atoms with Crippen LogP contribution in [0.5, 0.6) is 5.75 Å². The molecule has 1 amide bonds. The zero-order valence-corrected chi connectivity index (χ0v) is 23.4. The largest absolute Gasteiger partial charge is 0.490 e. The number of rotatable bonds is 8. The van der Waals surface area contributed by atoms with Crippen LogP contribution < -0.4 is 10.1 Å². The molecule has 2 saturated heterocycles. The third kappa shape index (κ3) is 5.26. The summed E-state index contributed by atoms with van der Waals surface area (Å²) >= 11 is 6.00. The second-order valence-corrected chi connectivity index (χ2v) is 10.8. The molecule has 2 aromatic heterocycles. The van der Waals surface area contributed by atoms with Crippen molar-refractivity contribution >= 4 is 39.9 Å². The number of likely N-dealkylation sites (tertiary alicyclic amines) is 1. The van der Waals surface area contributed by atoms with Gasteiger partial charge in [-0.2, -0.15) is 10.4 Å². The molecule has 10 nitrogen and oxygen atoms in total. The molecule has 214 valence electrons. The van der Waals surface area contributed by atoms with Crippen LogP contribution >= 0.6 is 11.6 Å². The van der Waals surface area contributed by atoms with Gasteiger partial charge in [0.1, 0.15) is 35.4 Å². The number of anilines is 2. The average molecular weight is 588 g/mol. The maximum Gasteiger partial charge on any atom is 0.245 e. The van der Waals surface area contributed by atoms with Gasteiger partial charge in [-0.25, -0.2) is 14.4 Å². The van der Waals surface area contributed by atoms with E-state index in [1.165, 1.54) is 24.5 Å². The van der Waals surface area contributed by atoms with Crippen molar-refractivity contribution in [2.45, 2.75) is 30.9 Å². The van der Waals surface area contributed by atoms with Crippen LogP contribution in [0.1, 0.15) is 19.3 Å². The van der Waals surface area contributed by atoms with Crippen LogP contribution in [0.25, 0.3) is 22.0 Å². The van der Waals surface area contributed by atoms with E-state index in [9.17, 15) is 14.4 Å². The molecular formula is C30H27ClFN7O3. The first-order valence-corrected chi connectivity index (χ1v) is 13.9. The lowest BCUT2D eigenvalue weighted by Crippen LogP contribution is -2.51. The molecule has 0 bridgehead atoms. The number of benzene rings is 2. The first-order valence-electron chi connectivity index (χ1n) is 13.5. The molecule has 0 aliphatic carbocycles. The molecule has 0 spiro atoms. The lowest BCUT2D eigenvalue weighted by atomic mass is 9.94. The fraction of sp³-hybridized carbons (Fsp3) is 0.300. The monoisotopic (exact) mass is 587 g/mol. The highest BCUT2D eigenvalue weighted by molar-refractivity contribution is 6.31. The zero-order chi connectivity index (χ0) is 29.3. The molecule has 4 heterocycles. The van der Waals surface area contributed by atoms with E-state index in [2.05, 4.69) is 33.0 Å². The highest BCUT2D eigenvalue weighted by Gasteiger charge is 2.41. The van der Waals surface area contributed by atoms with E-state index in [1.54, 1.807) is 21.8 Å². The smallest absolute Gasteiger partial charge is 0.245 e. The molecule has 0 radical (unpaired) electrons. The summed E-state index contributed by atoms with van der Waals surface area (Å²) in [6.07, 6.45) is 7.89. The Bertz CT molecular complexity index is 1710. The second kappa shape index (κ2) is 11.4. The Labute approximate surface area is 246 Å². The average Bonchev–Trinajstić information content (AvgIpc) is 3.47. The van der Waals surface area contributed by atoms with Gasteiger partial charge in [0.25, 0.3) is 0 Å². The summed E-state index contributed by atoms with van der Waals surface area (Å²) in [7, 11) is 0. The summed E-state index contributed by atoms with van der Waals surface area (Å²) in [5, 5.41) is 17.9. The van der Waals surface area contributed by atoms with Gasteiger partial charge in [-0.1, -0.05) is 18.2 Å². The number of nitriles is 1. The Hall–Kier alpha value is -4.53. The van der Waals surface area contributed by atoms with Crippen LogP contribution in [-0.4, -0.2) is 63.0 Å². The maximum absolute atomic E-state index is 13.7. The van der Waals surface area contributed by atoms with Gasteiger partial charge < -0.3 is 19.7 Å². The molecule has 2 aromatic carbocycles. The summed E-state index contributed by atoms with van der Waals surface area (Å²) in [5.74, 6) is 0.499. The number of hydrogen-bond donors (Lipinski definition) is 1. The number of fused-ring (bicyclic) bond motifs is 1. The molecule has 2 aliphatic heterocycles. The minimum absolute atomic E-state index is 0.00556. The fourth-order valence-corrected chi connectivity index (χ4v) is 5.42. The number of halogens is 2. The van der Waals surface area contributed by atoms with Crippen molar-refractivity contribution < 1.29 is 18.7 Å². The number of piperidine rings is 1. The SMILES string of the molecule is C=CC(=O)N1CCC(Oc2cc3c(Nc4ccc(F)c(Cl)c4)ncnc3cc2-c2cnn(C3(CC#N)COC3)c2)CC1. The number of nitrogens with one attached hydrogen (secondary N) is 1. The molecular weight excluding hydrogens is 561 g/mol. The zero-order valence-electron chi connectivity index (χ0n) is 22.6. The third-order valence-corrected chi connectivity index (χ3v) is 7.96. The summed E-state index contributed by atoms with van der Waals surface area (Å²) < 4.78 is 27.6. The Balaban J connectivity index is 1.38. The van der Waals surface area contributed by atoms with E-state index in [-0.39, 0.29) is 23.5 Å². The first-order chi connectivity index (χ1) is 20.4. The topological polar surface area (TPSA) is 118 Å². The van der Waals surface area contributed by atoms with Crippen molar-refractivity contribution in [1.82, 2.24) is 24.6 Å². The van der Waals surface area contributed by atoms with Crippen molar-refractivity contribution in [2.24, 2.45) is 0 Å². The molecule has 6 rings (SSSR count). The molecule has 4 aromatic rings. The van der Waals surface area contributed by atoms with Crippen LogP contribution in [0.3, 0.4) is 0 Å². The van der Waals surface area contributed by atoms with E-state index in [0.29, 0.717) is 67.3 Å². The van der Waals surface area contributed by atoms with Gasteiger partial charge in [-0.05, 0) is 36.4 Å². The third-order valence-electron chi connectivity index (χ3n) is 7.67. The van der Waals surface area contributed by atoms with E-state index >= 15 is 0 Å². The van der Waals surface area contributed by atoms with Crippen LogP contribution in [0, 0.1) is 17.1 Å². The van der Waals surface area contributed by atoms with Gasteiger partial charge in [0.2, 0.25) is 5.91 Å². The molecule has 2 aliphatic rings. The lowest BCUT2D eigenvalue weighted by Gasteiger charge is -2.39. The molecule has 0 atom stereocenters. The predicted octanol–water partition coefficient (Wildman–Crippen LogP) is 5.22. The summed E-state index contributed by atoms with van der Waals surface area (Å²) in [4.78, 5) is 22.8. The van der Waals surface area contributed by atoms with Gasteiger partial charge in [0.05, 0.1) is 42.4 Å². The van der Waals surface area contributed by atoms with Crippen molar-refractivity contribution in [3.05, 3.63) is 72.5 Å². The van der Waals surface area contributed by atoms with Gasteiger partial charge in [-0.15, -0.1) is 0 Å². The van der Waals surface area contributed by atoms with Gasteiger partial charge >= 0.3 is 0 Å². The molecule has 42 heavy (non-hydrogen) atoms. The number of carbonyl (C=O) groups excluding carboxylic acids is 1. The molecule has 1 N–H and O–H groups in total. The number of carbonyl (C=O) groups is 1. The molecule has 0 saturated carbocycles. The summed E-state index contributed by atoms with van der Waals surface area (Å²) in [6, 6.07) is 10.4. The number of hydrogen-bond acceptors (Lipinski definition) is 8. The van der Waals surface area contributed by atoms with Crippen LogP contribution in [-0.2, 0) is 15.1 Å². The minimum Gasteiger partial charge on any atom is -0.490 e. The van der Waals surface area contributed by atoms with Crippen molar-refractivity contribution in [3.63, 3.8) is 0 Å². The van der Waals surface area contributed by atoms with Crippen LogP contribution in [0.4, 0.5) is 15.9 Å². The predicted molar refractivity (Wildman–Crippen MR) is 155 cm³/mol. The van der Waals surface area contributed by atoms with Crippen LogP contribution in [0.2, 0.25) is 5.02 Å². The Morgan fingerprint density at radius 3 is 2.79 bits per heavy atom. The van der Waals surface area contributed by atoms with E-state index in [0.717, 1.165) is 11.1 Å². The second-order valence-electron chi connectivity index (χ2n) is 10.4. The summed E-state index contributed by atoms with van der Waals surface area (Å²) in [6.45, 7) is 5.55. The summed E-state index contributed by atoms with van der Waals surface area (Å²) in [5.41, 5.74) is 2.30. The van der Waals surface area contributed by atoms with Crippen molar-refractivity contribution in [3.8, 4) is 22.9 Å². The normalized spacial score (nSPS) is 16.5. The quantitative estimate of drug-likeness (QED) is 0.279. The van der Waals surface area contributed by atoms with Crippen molar-refractivity contribution in [1.29, 1.82) is 5.26 Å². The molecule has 2 fully saturated rings. The maximum atomic E-state index is 13.7. The molecule has 0 unspecified atom stereocenters. The first kappa shape index (κ1) is 27.6. The van der Waals surface area contributed by atoms with E-state index in [4.69, 9.17) is 21.1 Å². The number of amides is 1.